The van der Waals surface area contributed by atoms with Crippen molar-refractivity contribution < 1.29 is 27.1 Å². The first-order valence-corrected chi connectivity index (χ1v) is 17.1. The van der Waals surface area contributed by atoms with Crippen LogP contribution >= 0.6 is 0 Å². The largest absolute Gasteiger partial charge is 0.497 e. The first kappa shape index (κ1) is 32.0. The van der Waals surface area contributed by atoms with Gasteiger partial charge in [0.05, 0.1) is 36.6 Å². The van der Waals surface area contributed by atoms with Crippen molar-refractivity contribution in [1.29, 1.82) is 5.26 Å². The van der Waals surface area contributed by atoms with Gasteiger partial charge >= 0.3 is 0 Å². The average Bonchev–Trinajstić information content (AvgIpc) is 3.40. The summed E-state index contributed by atoms with van der Waals surface area (Å²) in [5.41, 5.74) is 0.0510. The van der Waals surface area contributed by atoms with E-state index in [4.69, 9.17) is 9.47 Å². The third kappa shape index (κ3) is 5.03. The number of sulfonamides is 1. The van der Waals surface area contributed by atoms with E-state index in [0.29, 0.717) is 48.8 Å². The normalized spacial score (nSPS) is 18.0. The van der Waals surface area contributed by atoms with Crippen molar-refractivity contribution in [3.8, 4) is 17.6 Å². The Balaban J connectivity index is 1.49. The number of methoxy groups -OCH3 is 1. The molecule has 49 heavy (non-hydrogen) atoms. The van der Waals surface area contributed by atoms with Crippen molar-refractivity contribution in [1.82, 2.24) is 14.9 Å². The van der Waals surface area contributed by atoms with E-state index in [2.05, 4.69) is 20.9 Å². The number of hydrogen-bond acceptors (Lipinski definition) is 10. The molecule has 0 aliphatic carbocycles. The zero-order valence-electron chi connectivity index (χ0n) is 26.7. The number of hydrogen-bond donors (Lipinski definition) is 0. The van der Waals surface area contributed by atoms with Crippen molar-refractivity contribution in [2.75, 3.05) is 49.1 Å². The van der Waals surface area contributed by atoms with Gasteiger partial charge in [-0.05, 0) is 79.7 Å². The Morgan fingerprint density at radius 3 is 2.45 bits per heavy atom. The van der Waals surface area contributed by atoms with Crippen LogP contribution in [-0.4, -0.2) is 69.1 Å². The standard InChI is InChI=1S/C36H31FN6O5S/c1-3-48-32-10-7-26(47-2)22-29(32)36(42-19-17-41(18-20-42)25-12-15-39-16-13-25)28-21-24(23-38)6-9-31(28)43(35(36)44)49(45,46)33-11-8-30(37)27-5-4-14-40-34(27)33/h4-16,21-22H,3,17-20H2,1-2H3. The number of fused-ring (bicyclic) bond motifs is 2. The van der Waals surface area contributed by atoms with E-state index >= 15 is 4.79 Å². The lowest BCUT2D eigenvalue weighted by Gasteiger charge is -2.46. The maximum absolute atomic E-state index is 15.5. The van der Waals surface area contributed by atoms with Crippen LogP contribution in [0.25, 0.3) is 10.9 Å². The highest BCUT2D eigenvalue weighted by atomic mass is 32.2. The van der Waals surface area contributed by atoms with E-state index in [1.807, 2.05) is 24.0 Å². The molecular weight excluding hydrogens is 647 g/mol. The van der Waals surface area contributed by atoms with E-state index < -0.39 is 27.3 Å². The molecule has 1 atom stereocenters. The Morgan fingerprint density at radius 1 is 0.959 bits per heavy atom. The number of carbonyl (C=O) groups is 1. The first-order valence-electron chi connectivity index (χ1n) is 15.6. The first-order chi connectivity index (χ1) is 23.7. The van der Waals surface area contributed by atoms with Gasteiger partial charge in [0, 0.05) is 67.0 Å². The van der Waals surface area contributed by atoms with Crippen LogP contribution in [0.5, 0.6) is 11.5 Å². The van der Waals surface area contributed by atoms with Gasteiger partial charge in [0.1, 0.15) is 22.2 Å². The molecular formula is C36H31FN6O5S. The lowest BCUT2D eigenvalue weighted by atomic mass is 9.80. The Labute approximate surface area is 282 Å². The average molecular weight is 679 g/mol. The van der Waals surface area contributed by atoms with E-state index in [-0.39, 0.29) is 33.7 Å². The third-order valence-corrected chi connectivity index (χ3v) is 10.8. The van der Waals surface area contributed by atoms with Crippen LogP contribution < -0.4 is 18.7 Å². The summed E-state index contributed by atoms with van der Waals surface area (Å²) in [6.45, 7) is 3.75. The second-order valence-electron chi connectivity index (χ2n) is 11.5. The number of nitriles is 1. The Hall–Kier alpha value is -5.58. The second kappa shape index (κ2) is 12.5. The molecule has 1 unspecified atom stereocenters. The number of nitrogens with zero attached hydrogens (tertiary/aromatic N) is 6. The zero-order valence-corrected chi connectivity index (χ0v) is 27.5. The lowest BCUT2D eigenvalue weighted by Crippen LogP contribution is -2.60. The van der Waals surface area contributed by atoms with Crippen LogP contribution in [0.15, 0.2) is 96.3 Å². The number of ether oxygens (including phenoxy) is 2. The fourth-order valence-electron chi connectivity index (χ4n) is 6.89. The predicted octanol–water partition coefficient (Wildman–Crippen LogP) is 4.85. The SMILES string of the molecule is CCOc1ccc(OC)cc1C1(N2CCN(c3ccncc3)CC2)C(=O)N(S(=O)(=O)c2ccc(F)c3cccnc23)c2ccc(C#N)cc21. The van der Waals surface area contributed by atoms with Crippen LogP contribution in [0.4, 0.5) is 15.8 Å². The molecule has 1 saturated heterocycles. The molecule has 0 spiro atoms. The fraction of sp³-hybridized carbons (Fsp3) is 0.222. The maximum atomic E-state index is 15.5. The van der Waals surface area contributed by atoms with E-state index in [1.54, 1.807) is 36.7 Å². The summed E-state index contributed by atoms with van der Waals surface area (Å²) in [7, 11) is -3.22. The van der Waals surface area contributed by atoms with Crippen molar-refractivity contribution >= 4 is 38.2 Å². The van der Waals surface area contributed by atoms with Crippen LogP contribution in [0, 0.1) is 17.1 Å². The minimum absolute atomic E-state index is 0.000183. The van der Waals surface area contributed by atoms with Crippen molar-refractivity contribution in [3.63, 3.8) is 0 Å². The highest BCUT2D eigenvalue weighted by molar-refractivity contribution is 7.93. The Morgan fingerprint density at radius 2 is 1.73 bits per heavy atom. The maximum Gasteiger partial charge on any atom is 0.273 e. The lowest BCUT2D eigenvalue weighted by molar-refractivity contribution is -0.127. The molecule has 0 saturated carbocycles. The summed E-state index contributed by atoms with van der Waals surface area (Å²) in [6, 6.07) is 20.7. The number of carbonyl (C=O) groups excluding carboxylic acids is 1. The summed E-state index contributed by atoms with van der Waals surface area (Å²) in [5.74, 6) is -0.658. The second-order valence-corrected chi connectivity index (χ2v) is 13.3. The quantitative estimate of drug-likeness (QED) is 0.225. The molecule has 2 aliphatic heterocycles. The van der Waals surface area contributed by atoms with Gasteiger partial charge in [0.15, 0.2) is 5.54 Å². The molecule has 1 amide bonds. The minimum atomic E-state index is -4.72. The van der Waals surface area contributed by atoms with Crippen LogP contribution in [0.2, 0.25) is 0 Å². The van der Waals surface area contributed by atoms with Crippen LogP contribution in [-0.2, 0) is 20.4 Å². The number of benzene rings is 3. The number of piperazine rings is 1. The smallest absolute Gasteiger partial charge is 0.273 e. The van der Waals surface area contributed by atoms with Gasteiger partial charge in [-0.1, -0.05) is 0 Å². The molecule has 0 bridgehead atoms. The number of amides is 1. The van der Waals surface area contributed by atoms with Gasteiger partial charge in [-0.25, -0.2) is 17.1 Å². The predicted molar refractivity (Wildman–Crippen MR) is 180 cm³/mol. The van der Waals surface area contributed by atoms with Crippen LogP contribution in [0.3, 0.4) is 0 Å². The van der Waals surface area contributed by atoms with E-state index in [1.165, 1.54) is 37.6 Å². The summed E-state index contributed by atoms with van der Waals surface area (Å²) < 4.78 is 57.1. The molecule has 0 N–H and O–H groups in total. The summed E-state index contributed by atoms with van der Waals surface area (Å²) in [4.78, 5) is 27.6. The number of pyridine rings is 2. The molecule has 248 valence electrons. The summed E-state index contributed by atoms with van der Waals surface area (Å²) in [6.07, 6.45) is 4.80. The van der Waals surface area contributed by atoms with Crippen molar-refractivity contribution in [3.05, 3.63) is 114 Å². The topological polar surface area (TPSA) is 129 Å². The molecule has 11 nitrogen and oxygen atoms in total. The molecule has 0 radical (unpaired) electrons. The van der Waals surface area contributed by atoms with Gasteiger partial charge in [0.25, 0.3) is 15.9 Å². The Bertz CT molecular complexity index is 2240. The van der Waals surface area contributed by atoms with Gasteiger partial charge in [-0.2, -0.15) is 5.26 Å². The van der Waals surface area contributed by atoms with Gasteiger partial charge in [-0.15, -0.1) is 0 Å². The molecule has 2 aromatic heterocycles. The molecule has 7 rings (SSSR count). The minimum Gasteiger partial charge on any atom is -0.497 e. The van der Waals surface area contributed by atoms with Gasteiger partial charge < -0.3 is 14.4 Å². The molecule has 1 fully saturated rings. The van der Waals surface area contributed by atoms with E-state index in [0.717, 1.165) is 22.1 Å². The van der Waals surface area contributed by atoms with Crippen LogP contribution in [0.1, 0.15) is 23.6 Å². The van der Waals surface area contributed by atoms with Gasteiger partial charge in [0.2, 0.25) is 0 Å². The highest BCUT2D eigenvalue weighted by Gasteiger charge is 2.61. The third-order valence-electron chi connectivity index (χ3n) is 9.08. The molecule has 4 heterocycles. The number of halogens is 1. The number of rotatable bonds is 8. The monoisotopic (exact) mass is 678 g/mol. The molecule has 2 aliphatic rings. The van der Waals surface area contributed by atoms with Crippen molar-refractivity contribution in [2.24, 2.45) is 0 Å². The fourth-order valence-corrected chi connectivity index (χ4v) is 8.50. The zero-order chi connectivity index (χ0) is 34.3. The number of aromatic nitrogens is 2. The van der Waals surface area contributed by atoms with Gasteiger partial charge in [-0.3, -0.25) is 19.7 Å². The van der Waals surface area contributed by atoms with E-state index in [9.17, 15) is 18.1 Å². The summed E-state index contributed by atoms with van der Waals surface area (Å²) in [5, 5.41) is 10.0. The highest BCUT2D eigenvalue weighted by Crippen LogP contribution is 2.54. The van der Waals surface area contributed by atoms with Crippen molar-refractivity contribution in [2.45, 2.75) is 17.4 Å². The molecule has 13 heteroatoms. The summed E-state index contributed by atoms with van der Waals surface area (Å²) >= 11 is 0. The number of anilines is 2. The molecule has 3 aromatic carbocycles. The molecule has 5 aromatic rings. The Kier molecular flexibility index (Phi) is 8.14.